The van der Waals surface area contributed by atoms with Gasteiger partial charge < -0.3 is 5.11 Å². The number of thiazole rings is 1. The molecular formula is C8H11NO2S. The number of unbranched alkanes of at least 4 members (excludes halogenated alkanes) is 1. The summed E-state index contributed by atoms with van der Waals surface area (Å²) in [7, 11) is 0. The van der Waals surface area contributed by atoms with Gasteiger partial charge in [0.1, 0.15) is 0 Å². The van der Waals surface area contributed by atoms with Crippen LogP contribution in [0.3, 0.4) is 0 Å². The molecule has 0 amide bonds. The monoisotopic (exact) mass is 185 g/mol. The van der Waals surface area contributed by atoms with E-state index in [1.54, 1.807) is 0 Å². The van der Waals surface area contributed by atoms with Crippen molar-refractivity contribution in [3.05, 3.63) is 16.1 Å². The van der Waals surface area contributed by atoms with Crippen molar-refractivity contribution in [1.82, 2.24) is 4.98 Å². The molecule has 0 aliphatic carbocycles. The predicted octanol–water partition coefficient (Wildman–Crippen LogP) is 2.18. The summed E-state index contributed by atoms with van der Waals surface area (Å²) in [6, 6.07) is 0. The lowest BCUT2D eigenvalue weighted by Crippen LogP contribution is -1.95. The number of nitrogens with zero attached hydrogens (tertiary/aromatic N) is 1. The van der Waals surface area contributed by atoms with Crippen molar-refractivity contribution in [1.29, 1.82) is 0 Å². The molecule has 1 aromatic heterocycles. The second kappa shape index (κ2) is 4.21. The predicted molar refractivity (Wildman–Crippen MR) is 47.7 cm³/mol. The number of aryl methyl sites for hydroxylation is 1. The van der Waals surface area contributed by atoms with E-state index in [9.17, 15) is 4.79 Å². The summed E-state index contributed by atoms with van der Waals surface area (Å²) in [6.45, 7) is 2.10. The highest BCUT2D eigenvalue weighted by Gasteiger charge is 2.07. The lowest BCUT2D eigenvalue weighted by Gasteiger charge is -1.90. The fourth-order valence-electron chi connectivity index (χ4n) is 0.878. The van der Waals surface area contributed by atoms with Crippen LogP contribution in [0.5, 0.6) is 0 Å². The van der Waals surface area contributed by atoms with Crippen molar-refractivity contribution in [2.75, 3.05) is 0 Å². The Labute approximate surface area is 75.1 Å². The van der Waals surface area contributed by atoms with E-state index in [2.05, 4.69) is 11.9 Å². The van der Waals surface area contributed by atoms with Crippen molar-refractivity contribution in [2.24, 2.45) is 0 Å². The highest BCUT2D eigenvalue weighted by molar-refractivity contribution is 7.11. The van der Waals surface area contributed by atoms with Crippen LogP contribution in [0.15, 0.2) is 5.38 Å². The maximum Gasteiger partial charge on any atom is 0.365 e. The Morgan fingerprint density at radius 1 is 1.75 bits per heavy atom. The Morgan fingerprint density at radius 3 is 3.00 bits per heavy atom. The van der Waals surface area contributed by atoms with Crippen LogP contribution in [0.25, 0.3) is 0 Å². The van der Waals surface area contributed by atoms with Gasteiger partial charge in [-0.05, 0) is 12.8 Å². The summed E-state index contributed by atoms with van der Waals surface area (Å²) in [6.07, 6.45) is 3.07. The molecule has 0 saturated carbocycles. The van der Waals surface area contributed by atoms with Crippen molar-refractivity contribution >= 4 is 17.3 Å². The average Bonchev–Trinajstić information content (AvgIpc) is 2.48. The third-order valence-corrected chi connectivity index (χ3v) is 2.40. The minimum Gasteiger partial charge on any atom is -0.476 e. The van der Waals surface area contributed by atoms with E-state index in [0.717, 1.165) is 25.0 Å². The third-order valence-electron chi connectivity index (χ3n) is 1.52. The molecule has 66 valence electrons. The number of rotatable bonds is 4. The molecule has 4 heteroatoms. The number of aromatic nitrogens is 1. The Morgan fingerprint density at radius 2 is 2.50 bits per heavy atom. The molecule has 1 aromatic rings. The number of carboxylic acid groups (broad SMARTS) is 1. The lowest BCUT2D eigenvalue weighted by molar-refractivity contribution is 0.0696. The Hall–Kier alpha value is -0.900. The zero-order valence-corrected chi connectivity index (χ0v) is 7.73. The van der Waals surface area contributed by atoms with Crippen molar-refractivity contribution in [2.45, 2.75) is 26.2 Å². The normalized spacial score (nSPS) is 10.1. The molecule has 0 aliphatic rings. The quantitative estimate of drug-likeness (QED) is 0.782. The van der Waals surface area contributed by atoms with Gasteiger partial charge in [0.25, 0.3) is 0 Å². The number of carbonyl (C=O) groups is 1. The van der Waals surface area contributed by atoms with Gasteiger partial charge >= 0.3 is 5.97 Å². The van der Waals surface area contributed by atoms with Gasteiger partial charge in [-0.25, -0.2) is 9.78 Å². The fourth-order valence-corrected chi connectivity index (χ4v) is 1.57. The summed E-state index contributed by atoms with van der Waals surface area (Å²) in [5.74, 6) is -0.928. The van der Waals surface area contributed by atoms with Crippen molar-refractivity contribution in [3.63, 3.8) is 0 Å². The highest BCUT2D eigenvalue weighted by Crippen LogP contribution is 2.11. The minimum absolute atomic E-state index is 0.195. The molecule has 12 heavy (non-hydrogen) atoms. The second-order valence-electron chi connectivity index (χ2n) is 2.55. The van der Waals surface area contributed by atoms with E-state index in [1.807, 2.05) is 5.38 Å². The number of hydrogen-bond donors (Lipinski definition) is 1. The maximum absolute atomic E-state index is 10.4. The third kappa shape index (κ3) is 2.30. The molecule has 0 atom stereocenters. The Bertz CT molecular complexity index is 270. The Kier molecular flexibility index (Phi) is 3.22. The second-order valence-corrected chi connectivity index (χ2v) is 3.41. The molecular weight excluding hydrogens is 174 g/mol. The van der Waals surface area contributed by atoms with Gasteiger partial charge in [-0.3, -0.25) is 0 Å². The van der Waals surface area contributed by atoms with Crippen LogP contribution in [0.4, 0.5) is 0 Å². The molecule has 0 unspecified atom stereocenters. The van der Waals surface area contributed by atoms with Crippen LogP contribution in [0.2, 0.25) is 0 Å². The molecule has 0 radical (unpaired) electrons. The first kappa shape index (κ1) is 9.19. The van der Waals surface area contributed by atoms with E-state index in [-0.39, 0.29) is 5.01 Å². The van der Waals surface area contributed by atoms with Crippen molar-refractivity contribution in [3.8, 4) is 0 Å². The Balaban J connectivity index is 2.58. The van der Waals surface area contributed by atoms with Crippen LogP contribution in [0.1, 0.15) is 35.3 Å². The van der Waals surface area contributed by atoms with Gasteiger partial charge in [-0.15, -0.1) is 11.3 Å². The van der Waals surface area contributed by atoms with Crippen LogP contribution in [-0.4, -0.2) is 16.1 Å². The molecule has 0 aromatic carbocycles. The zero-order chi connectivity index (χ0) is 8.97. The summed E-state index contributed by atoms with van der Waals surface area (Å²) < 4.78 is 0. The lowest BCUT2D eigenvalue weighted by atomic mass is 10.2. The molecule has 0 saturated heterocycles. The first-order chi connectivity index (χ1) is 5.74. The minimum atomic E-state index is -0.928. The topological polar surface area (TPSA) is 50.2 Å². The van der Waals surface area contributed by atoms with Crippen LogP contribution in [0, 0.1) is 0 Å². The SMILES string of the molecule is CCCCc1csc(C(=O)O)n1. The largest absolute Gasteiger partial charge is 0.476 e. The van der Waals surface area contributed by atoms with Crippen LogP contribution >= 0.6 is 11.3 Å². The average molecular weight is 185 g/mol. The summed E-state index contributed by atoms with van der Waals surface area (Å²) in [4.78, 5) is 14.4. The number of carboxylic acids is 1. The van der Waals surface area contributed by atoms with E-state index in [0.29, 0.717) is 0 Å². The van der Waals surface area contributed by atoms with E-state index < -0.39 is 5.97 Å². The first-order valence-corrected chi connectivity index (χ1v) is 4.79. The zero-order valence-electron chi connectivity index (χ0n) is 6.91. The van der Waals surface area contributed by atoms with Gasteiger partial charge in [0, 0.05) is 5.38 Å². The van der Waals surface area contributed by atoms with Gasteiger partial charge in [0.2, 0.25) is 5.01 Å². The van der Waals surface area contributed by atoms with Gasteiger partial charge in [-0.1, -0.05) is 13.3 Å². The highest BCUT2D eigenvalue weighted by atomic mass is 32.1. The summed E-state index contributed by atoms with van der Waals surface area (Å²) in [5, 5.41) is 10.6. The molecule has 1 heterocycles. The van der Waals surface area contributed by atoms with E-state index in [1.165, 1.54) is 11.3 Å². The molecule has 0 bridgehead atoms. The summed E-state index contributed by atoms with van der Waals surface area (Å²) in [5.41, 5.74) is 0.902. The fraction of sp³-hybridized carbons (Fsp3) is 0.500. The smallest absolute Gasteiger partial charge is 0.365 e. The molecule has 3 nitrogen and oxygen atoms in total. The number of aromatic carboxylic acids is 1. The number of hydrogen-bond acceptors (Lipinski definition) is 3. The van der Waals surface area contributed by atoms with E-state index >= 15 is 0 Å². The molecule has 0 fully saturated rings. The molecule has 0 aliphatic heterocycles. The maximum atomic E-state index is 10.4. The van der Waals surface area contributed by atoms with Crippen LogP contribution < -0.4 is 0 Å². The van der Waals surface area contributed by atoms with Gasteiger partial charge in [0.15, 0.2) is 0 Å². The summed E-state index contributed by atoms with van der Waals surface area (Å²) >= 11 is 1.20. The van der Waals surface area contributed by atoms with Crippen LogP contribution in [-0.2, 0) is 6.42 Å². The first-order valence-electron chi connectivity index (χ1n) is 3.91. The molecule has 1 N–H and O–H groups in total. The van der Waals surface area contributed by atoms with E-state index in [4.69, 9.17) is 5.11 Å². The van der Waals surface area contributed by atoms with Gasteiger partial charge in [0.05, 0.1) is 5.69 Å². The van der Waals surface area contributed by atoms with Gasteiger partial charge in [-0.2, -0.15) is 0 Å². The molecule has 1 rings (SSSR count). The van der Waals surface area contributed by atoms with Crippen molar-refractivity contribution < 1.29 is 9.90 Å². The molecule has 0 spiro atoms. The standard InChI is InChI=1S/C8H11NO2S/c1-2-3-4-6-5-12-7(9-6)8(10)11/h5H,2-4H2,1H3,(H,10,11).